The summed E-state index contributed by atoms with van der Waals surface area (Å²) in [5.74, 6) is 0. The SMILES string of the molecule is CCC(C)(C)NCC(C)Sc1cc(C)cc(C)n1. The van der Waals surface area contributed by atoms with Crippen molar-refractivity contribution in [3.8, 4) is 0 Å². The van der Waals surface area contributed by atoms with Crippen molar-refractivity contribution >= 4 is 11.8 Å². The molecule has 1 atom stereocenters. The smallest absolute Gasteiger partial charge is 0.0968 e. The Morgan fingerprint density at radius 3 is 2.56 bits per heavy atom. The van der Waals surface area contributed by atoms with E-state index in [1.165, 1.54) is 5.56 Å². The van der Waals surface area contributed by atoms with Crippen LogP contribution < -0.4 is 5.32 Å². The van der Waals surface area contributed by atoms with E-state index < -0.39 is 0 Å². The predicted octanol–water partition coefficient (Wildman–Crippen LogP) is 3.96. The average molecular weight is 266 g/mol. The zero-order valence-electron chi connectivity index (χ0n) is 12.5. The van der Waals surface area contributed by atoms with Crippen LogP contribution in [0.4, 0.5) is 0 Å². The molecule has 0 radical (unpaired) electrons. The molecular formula is C15H26N2S. The molecule has 1 N–H and O–H groups in total. The third kappa shape index (κ3) is 5.40. The summed E-state index contributed by atoms with van der Waals surface area (Å²) >= 11 is 1.85. The first kappa shape index (κ1) is 15.5. The van der Waals surface area contributed by atoms with E-state index in [0.717, 1.165) is 23.7 Å². The summed E-state index contributed by atoms with van der Waals surface area (Å²) in [4.78, 5) is 4.57. The summed E-state index contributed by atoms with van der Waals surface area (Å²) in [6.07, 6.45) is 1.15. The molecule has 0 spiro atoms. The average Bonchev–Trinajstić information content (AvgIpc) is 2.25. The van der Waals surface area contributed by atoms with Gasteiger partial charge in [0.15, 0.2) is 0 Å². The van der Waals surface area contributed by atoms with E-state index in [4.69, 9.17) is 0 Å². The molecule has 0 fully saturated rings. The first-order valence-corrected chi connectivity index (χ1v) is 7.57. The van der Waals surface area contributed by atoms with Crippen LogP contribution in [0.5, 0.6) is 0 Å². The molecule has 2 nitrogen and oxygen atoms in total. The zero-order valence-corrected chi connectivity index (χ0v) is 13.3. The van der Waals surface area contributed by atoms with Gasteiger partial charge >= 0.3 is 0 Å². The van der Waals surface area contributed by atoms with Crippen LogP contribution >= 0.6 is 11.8 Å². The second kappa shape index (κ2) is 6.58. The topological polar surface area (TPSA) is 24.9 Å². The molecule has 3 heteroatoms. The summed E-state index contributed by atoms with van der Waals surface area (Å²) in [6.45, 7) is 14.2. The highest BCUT2D eigenvalue weighted by molar-refractivity contribution is 7.99. The maximum absolute atomic E-state index is 4.57. The maximum Gasteiger partial charge on any atom is 0.0968 e. The Bertz CT molecular complexity index is 368. The van der Waals surface area contributed by atoms with Crippen LogP contribution in [0.15, 0.2) is 17.2 Å². The van der Waals surface area contributed by atoms with Crippen molar-refractivity contribution in [2.75, 3.05) is 6.54 Å². The van der Waals surface area contributed by atoms with Crippen molar-refractivity contribution in [1.29, 1.82) is 0 Å². The van der Waals surface area contributed by atoms with Crippen LogP contribution in [0.2, 0.25) is 0 Å². The molecule has 0 aliphatic carbocycles. The summed E-state index contributed by atoms with van der Waals surface area (Å²) in [5, 5.41) is 5.28. The van der Waals surface area contributed by atoms with Crippen LogP contribution in [0.25, 0.3) is 0 Å². The van der Waals surface area contributed by atoms with Gasteiger partial charge in [0.1, 0.15) is 0 Å². The van der Waals surface area contributed by atoms with E-state index in [1.54, 1.807) is 0 Å². The van der Waals surface area contributed by atoms with Gasteiger partial charge in [-0.2, -0.15) is 0 Å². The molecule has 18 heavy (non-hydrogen) atoms. The molecule has 0 aliphatic rings. The van der Waals surface area contributed by atoms with Crippen molar-refractivity contribution in [3.63, 3.8) is 0 Å². The molecule has 0 saturated heterocycles. The maximum atomic E-state index is 4.57. The fourth-order valence-corrected chi connectivity index (χ4v) is 2.69. The minimum absolute atomic E-state index is 0.227. The minimum Gasteiger partial charge on any atom is -0.311 e. The molecule has 0 bridgehead atoms. The van der Waals surface area contributed by atoms with Crippen molar-refractivity contribution in [1.82, 2.24) is 10.3 Å². The highest BCUT2D eigenvalue weighted by atomic mass is 32.2. The quantitative estimate of drug-likeness (QED) is 0.789. The number of aryl methyl sites for hydroxylation is 2. The van der Waals surface area contributed by atoms with E-state index >= 15 is 0 Å². The molecule has 1 rings (SSSR count). The van der Waals surface area contributed by atoms with Gasteiger partial charge in [0, 0.05) is 23.0 Å². The molecular weight excluding hydrogens is 240 g/mol. The number of hydrogen-bond donors (Lipinski definition) is 1. The largest absolute Gasteiger partial charge is 0.311 e. The molecule has 102 valence electrons. The van der Waals surface area contributed by atoms with E-state index in [0.29, 0.717) is 5.25 Å². The fourth-order valence-electron chi connectivity index (χ4n) is 1.66. The standard InChI is InChI=1S/C15H26N2S/c1-7-15(5,6)16-10-13(4)18-14-9-11(2)8-12(3)17-14/h8-9,13,16H,7,10H2,1-6H3. The highest BCUT2D eigenvalue weighted by Crippen LogP contribution is 2.22. The van der Waals surface area contributed by atoms with Crippen LogP contribution in [-0.2, 0) is 0 Å². The Labute approximate surface area is 116 Å². The molecule has 1 aromatic heterocycles. The van der Waals surface area contributed by atoms with Crippen LogP contribution in [0.3, 0.4) is 0 Å². The van der Waals surface area contributed by atoms with Gasteiger partial charge in [-0.3, -0.25) is 0 Å². The number of pyridine rings is 1. The fraction of sp³-hybridized carbons (Fsp3) is 0.667. The highest BCUT2D eigenvalue weighted by Gasteiger charge is 2.15. The van der Waals surface area contributed by atoms with Gasteiger partial charge in [-0.25, -0.2) is 4.98 Å². The molecule has 0 aliphatic heterocycles. The lowest BCUT2D eigenvalue weighted by atomic mass is 10.0. The van der Waals surface area contributed by atoms with Crippen LogP contribution in [0, 0.1) is 13.8 Å². The van der Waals surface area contributed by atoms with E-state index in [2.05, 4.69) is 64.0 Å². The Balaban J connectivity index is 2.51. The number of nitrogens with one attached hydrogen (secondary N) is 1. The van der Waals surface area contributed by atoms with Gasteiger partial charge in [-0.1, -0.05) is 13.8 Å². The van der Waals surface area contributed by atoms with Crippen LogP contribution in [0.1, 0.15) is 45.4 Å². The van der Waals surface area contributed by atoms with Gasteiger partial charge in [0.05, 0.1) is 5.03 Å². The second-order valence-corrected chi connectivity index (χ2v) is 7.13. The van der Waals surface area contributed by atoms with E-state index in [9.17, 15) is 0 Å². The van der Waals surface area contributed by atoms with Crippen molar-refractivity contribution in [2.24, 2.45) is 0 Å². The first-order chi connectivity index (χ1) is 8.32. The Hall–Kier alpha value is -0.540. The summed E-state index contributed by atoms with van der Waals surface area (Å²) in [7, 11) is 0. The molecule has 0 aromatic carbocycles. The summed E-state index contributed by atoms with van der Waals surface area (Å²) < 4.78 is 0. The first-order valence-electron chi connectivity index (χ1n) is 6.69. The van der Waals surface area contributed by atoms with Gasteiger partial charge in [-0.15, -0.1) is 11.8 Å². The lowest BCUT2D eigenvalue weighted by Gasteiger charge is -2.26. The van der Waals surface area contributed by atoms with Gasteiger partial charge in [0.2, 0.25) is 0 Å². The van der Waals surface area contributed by atoms with Gasteiger partial charge in [-0.05, 0) is 51.8 Å². The summed E-state index contributed by atoms with van der Waals surface area (Å²) in [6, 6.07) is 4.28. The monoisotopic (exact) mass is 266 g/mol. The lowest BCUT2D eigenvalue weighted by Crippen LogP contribution is -2.41. The van der Waals surface area contributed by atoms with Crippen molar-refractivity contribution in [2.45, 2.75) is 63.8 Å². The Kier molecular flexibility index (Phi) is 5.67. The normalized spacial score (nSPS) is 13.7. The Morgan fingerprint density at radius 2 is 2.00 bits per heavy atom. The molecule has 0 amide bonds. The number of rotatable bonds is 6. The number of thioether (sulfide) groups is 1. The third-order valence-corrected chi connectivity index (χ3v) is 4.17. The van der Waals surface area contributed by atoms with Crippen molar-refractivity contribution < 1.29 is 0 Å². The number of nitrogens with zero attached hydrogens (tertiary/aromatic N) is 1. The van der Waals surface area contributed by atoms with E-state index in [1.807, 2.05) is 11.8 Å². The number of aromatic nitrogens is 1. The lowest BCUT2D eigenvalue weighted by molar-refractivity contribution is 0.379. The summed E-state index contributed by atoms with van der Waals surface area (Å²) in [5.41, 5.74) is 2.62. The van der Waals surface area contributed by atoms with Crippen molar-refractivity contribution in [3.05, 3.63) is 23.4 Å². The second-order valence-electron chi connectivity index (χ2n) is 5.67. The van der Waals surface area contributed by atoms with Crippen LogP contribution in [-0.4, -0.2) is 22.3 Å². The molecule has 1 aromatic rings. The minimum atomic E-state index is 0.227. The number of hydrogen-bond acceptors (Lipinski definition) is 3. The molecule has 1 heterocycles. The van der Waals surface area contributed by atoms with Gasteiger partial charge < -0.3 is 5.32 Å². The molecule has 1 unspecified atom stereocenters. The molecule has 0 saturated carbocycles. The van der Waals surface area contributed by atoms with E-state index in [-0.39, 0.29) is 5.54 Å². The third-order valence-electron chi connectivity index (χ3n) is 3.15. The Morgan fingerprint density at radius 1 is 1.33 bits per heavy atom. The predicted molar refractivity (Wildman–Crippen MR) is 81.4 cm³/mol. The van der Waals surface area contributed by atoms with Gasteiger partial charge in [0.25, 0.3) is 0 Å². The zero-order chi connectivity index (χ0) is 13.8.